The molecule has 0 radical (unpaired) electrons. The second kappa shape index (κ2) is 8.93. The van der Waals surface area contributed by atoms with E-state index in [1.165, 1.54) is 0 Å². The molecule has 0 N–H and O–H groups in total. The Morgan fingerprint density at radius 3 is 2.45 bits per heavy atom. The van der Waals surface area contributed by atoms with Crippen LogP contribution in [0.5, 0.6) is 11.5 Å². The topological polar surface area (TPSA) is 69.0 Å². The van der Waals surface area contributed by atoms with Gasteiger partial charge in [-0.05, 0) is 74.1 Å². The molecule has 33 heavy (non-hydrogen) atoms. The molecular formula is C27H31NO5. The largest absolute Gasteiger partial charge is 0.490 e. The van der Waals surface area contributed by atoms with Crippen molar-refractivity contribution in [1.29, 1.82) is 0 Å². The van der Waals surface area contributed by atoms with Gasteiger partial charge in [-0.2, -0.15) is 0 Å². The lowest BCUT2D eigenvalue weighted by Crippen LogP contribution is -2.25. The van der Waals surface area contributed by atoms with Gasteiger partial charge in [0.2, 0.25) is 5.76 Å². The third-order valence-electron chi connectivity index (χ3n) is 6.25. The van der Waals surface area contributed by atoms with E-state index in [1.807, 2.05) is 51.1 Å². The predicted octanol–water partition coefficient (Wildman–Crippen LogP) is 5.41. The Kier molecular flexibility index (Phi) is 6.19. The van der Waals surface area contributed by atoms with Crippen molar-refractivity contribution in [3.05, 3.63) is 68.6 Å². The Hall–Kier alpha value is -3.28. The maximum Gasteiger partial charge on any atom is 0.290 e. The summed E-state index contributed by atoms with van der Waals surface area (Å²) in [5.41, 5.74) is 3.43. The molecule has 0 fully saturated rings. The first-order valence-corrected chi connectivity index (χ1v) is 11.5. The van der Waals surface area contributed by atoms with Crippen LogP contribution in [0, 0.1) is 19.8 Å². The molecule has 0 bridgehead atoms. The molecule has 0 saturated carbocycles. The summed E-state index contributed by atoms with van der Waals surface area (Å²) in [6.45, 7) is 11.2. The molecule has 1 unspecified atom stereocenters. The molecule has 1 aliphatic rings. The van der Waals surface area contributed by atoms with Crippen LogP contribution in [0.3, 0.4) is 0 Å². The van der Waals surface area contributed by atoms with E-state index < -0.39 is 6.04 Å². The van der Waals surface area contributed by atoms with Crippen molar-refractivity contribution < 1.29 is 18.7 Å². The van der Waals surface area contributed by atoms with Gasteiger partial charge in [-0.3, -0.25) is 9.59 Å². The van der Waals surface area contributed by atoms with Gasteiger partial charge in [-0.25, -0.2) is 0 Å². The van der Waals surface area contributed by atoms with Crippen molar-refractivity contribution in [2.75, 3.05) is 20.3 Å². The Morgan fingerprint density at radius 2 is 1.76 bits per heavy atom. The molecule has 2 aromatic carbocycles. The second-order valence-electron chi connectivity index (χ2n) is 9.10. The van der Waals surface area contributed by atoms with Crippen molar-refractivity contribution in [2.24, 2.45) is 5.92 Å². The normalized spacial score (nSPS) is 15.4. The van der Waals surface area contributed by atoms with Crippen molar-refractivity contribution in [2.45, 2.75) is 47.1 Å². The summed E-state index contributed by atoms with van der Waals surface area (Å²) in [4.78, 5) is 28.1. The number of benzene rings is 2. The third kappa shape index (κ3) is 4.10. The zero-order chi connectivity index (χ0) is 23.9. The fourth-order valence-electron chi connectivity index (χ4n) is 4.22. The average molecular weight is 450 g/mol. The lowest BCUT2D eigenvalue weighted by Gasteiger charge is -2.22. The molecule has 0 aliphatic carbocycles. The maximum absolute atomic E-state index is 13.5. The van der Waals surface area contributed by atoms with Gasteiger partial charge in [0.05, 0.1) is 30.2 Å². The fraction of sp³-hybridized carbons (Fsp3) is 0.407. The first kappa shape index (κ1) is 22.9. The van der Waals surface area contributed by atoms with Gasteiger partial charge in [-0.1, -0.05) is 19.9 Å². The van der Waals surface area contributed by atoms with Gasteiger partial charge in [0, 0.05) is 7.05 Å². The number of hydrogen-bond acceptors (Lipinski definition) is 5. The van der Waals surface area contributed by atoms with Gasteiger partial charge >= 0.3 is 0 Å². The summed E-state index contributed by atoms with van der Waals surface area (Å²) in [6.07, 6.45) is 0.938. The maximum atomic E-state index is 13.5. The number of aryl methyl sites for hydroxylation is 2. The van der Waals surface area contributed by atoms with Gasteiger partial charge in [0.1, 0.15) is 5.58 Å². The van der Waals surface area contributed by atoms with Crippen molar-refractivity contribution in [3.8, 4) is 11.5 Å². The Labute approximate surface area is 194 Å². The lowest BCUT2D eigenvalue weighted by molar-refractivity contribution is 0.0771. The van der Waals surface area contributed by atoms with E-state index in [0.29, 0.717) is 47.2 Å². The molecule has 1 aromatic heterocycles. The van der Waals surface area contributed by atoms with Crippen LogP contribution in [0.2, 0.25) is 0 Å². The molecule has 0 spiro atoms. The SMILES string of the molecule is CCOc1cc(C2c3c(oc4cc(C)c(C)cc4c3=O)C(=O)N2C)ccc1OCCC(C)C. The van der Waals surface area contributed by atoms with E-state index in [4.69, 9.17) is 13.9 Å². The summed E-state index contributed by atoms with van der Waals surface area (Å²) in [6, 6.07) is 8.71. The summed E-state index contributed by atoms with van der Waals surface area (Å²) in [5, 5.41) is 0.489. The van der Waals surface area contributed by atoms with Crippen LogP contribution in [-0.4, -0.2) is 31.1 Å². The van der Waals surface area contributed by atoms with E-state index in [2.05, 4.69) is 13.8 Å². The molecule has 0 saturated heterocycles. The quantitative estimate of drug-likeness (QED) is 0.482. The van der Waals surface area contributed by atoms with Crippen molar-refractivity contribution in [1.82, 2.24) is 4.90 Å². The second-order valence-corrected chi connectivity index (χ2v) is 9.10. The molecule has 6 nitrogen and oxygen atoms in total. The average Bonchev–Trinajstić information content (AvgIpc) is 3.01. The Morgan fingerprint density at radius 1 is 1.03 bits per heavy atom. The lowest BCUT2D eigenvalue weighted by atomic mass is 9.97. The Bertz CT molecular complexity index is 1270. The molecule has 1 amide bonds. The minimum atomic E-state index is -0.557. The van der Waals surface area contributed by atoms with Gasteiger partial charge in [0.15, 0.2) is 16.9 Å². The zero-order valence-corrected chi connectivity index (χ0v) is 20.2. The van der Waals surface area contributed by atoms with E-state index in [9.17, 15) is 9.59 Å². The van der Waals surface area contributed by atoms with Crippen LogP contribution < -0.4 is 14.9 Å². The van der Waals surface area contributed by atoms with E-state index in [1.54, 1.807) is 11.9 Å². The molecule has 6 heteroatoms. The molecule has 174 valence electrons. The number of ether oxygens (including phenoxy) is 2. The number of rotatable bonds is 7. The number of nitrogens with zero attached hydrogens (tertiary/aromatic N) is 1. The van der Waals surface area contributed by atoms with Crippen LogP contribution in [0.15, 0.2) is 39.5 Å². The first-order chi connectivity index (χ1) is 15.7. The highest BCUT2D eigenvalue weighted by Crippen LogP contribution is 2.40. The zero-order valence-electron chi connectivity index (χ0n) is 20.2. The van der Waals surface area contributed by atoms with Crippen molar-refractivity contribution in [3.63, 3.8) is 0 Å². The van der Waals surface area contributed by atoms with Crippen LogP contribution >= 0.6 is 0 Å². The molecule has 4 rings (SSSR count). The monoisotopic (exact) mass is 449 g/mol. The number of hydrogen-bond donors (Lipinski definition) is 0. The van der Waals surface area contributed by atoms with Crippen LogP contribution in [0.4, 0.5) is 0 Å². The molecule has 1 aliphatic heterocycles. The highest BCUT2D eigenvalue weighted by atomic mass is 16.5. The van der Waals surface area contributed by atoms with Gasteiger partial charge in [0.25, 0.3) is 5.91 Å². The molecular weight excluding hydrogens is 418 g/mol. The minimum absolute atomic E-state index is 0.110. The van der Waals surface area contributed by atoms with Crippen LogP contribution in [-0.2, 0) is 0 Å². The summed E-state index contributed by atoms with van der Waals surface area (Å²) in [5.74, 6) is 1.60. The minimum Gasteiger partial charge on any atom is -0.490 e. The standard InChI is InChI=1S/C27H31NO5/c1-7-31-22-14-18(8-9-20(22)32-11-10-15(2)3)24-23-25(29)19-12-16(4)17(5)13-21(19)33-26(23)27(30)28(24)6/h8-9,12-15,24H,7,10-11H2,1-6H3. The van der Waals surface area contributed by atoms with Crippen LogP contribution in [0.25, 0.3) is 11.0 Å². The van der Waals surface area contributed by atoms with Crippen LogP contribution in [0.1, 0.15) is 66.0 Å². The third-order valence-corrected chi connectivity index (χ3v) is 6.25. The number of fused-ring (bicyclic) bond motifs is 2. The molecule has 2 heterocycles. The summed E-state index contributed by atoms with van der Waals surface area (Å²) >= 11 is 0. The van der Waals surface area contributed by atoms with E-state index in [-0.39, 0.29) is 17.1 Å². The van der Waals surface area contributed by atoms with E-state index in [0.717, 1.165) is 23.1 Å². The highest BCUT2D eigenvalue weighted by Gasteiger charge is 2.41. The molecule has 3 aromatic rings. The van der Waals surface area contributed by atoms with Gasteiger partial charge < -0.3 is 18.8 Å². The number of amides is 1. The van der Waals surface area contributed by atoms with Crippen molar-refractivity contribution >= 4 is 16.9 Å². The van der Waals surface area contributed by atoms with E-state index >= 15 is 0 Å². The summed E-state index contributed by atoms with van der Waals surface area (Å²) < 4.78 is 17.8. The number of carbonyl (C=O) groups excluding carboxylic acids is 1. The predicted molar refractivity (Wildman–Crippen MR) is 128 cm³/mol. The summed E-state index contributed by atoms with van der Waals surface area (Å²) in [7, 11) is 1.69. The fourth-order valence-corrected chi connectivity index (χ4v) is 4.22. The smallest absolute Gasteiger partial charge is 0.290 e. The number of carbonyl (C=O) groups is 1. The van der Waals surface area contributed by atoms with Gasteiger partial charge in [-0.15, -0.1) is 0 Å². The highest BCUT2D eigenvalue weighted by molar-refractivity contribution is 5.99. The molecule has 1 atom stereocenters. The Balaban J connectivity index is 1.81. The first-order valence-electron chi connectivity index (χ1n) is 11.5.